The van der Waals surface area contributed by atoms with Crippen molar-refractivity contribution in [2.24, 2.45) is 22.9 Å². The van der Waals surface area contributed by atoms with Crippen LogP contribution in [0.1, 0.15) is 63.4 Å². The molecule has 17 heteroatoms. The summed E-state index contributed by atoms with van der Waals surface area (Å²) in [5.74, 6) is -1.97. The highest BCUT2D eigenvalue weighted by molar-refractivity contribution is 6.03. The van der Waals surface area contributed by atoms with Gasteiger partial charge in [0.15, 0.2) is 0 Å². The van der Waals surface area contributed by atoms with Gasteiger partial charge in [-0.15, -0.1) is 6.58 Å². The Bertz CT molecular complexity index is 1800. The fourth-order valence-electron chi connectivity index (χ4n) is 8.61. The molecular weight excluding hydrogens is 768 g/mol. The molecule has 1 aliphatic heterocycles. The number of unbranched alkanes of at least 4 members (excludes halogenated alkanes) is 2. The summed E-state index contributed by atoms with van der Waals surface area (Å²) in [4.78, 5) is 44.9. The second kappa shape index (κ2) is 21.8. The van der Waals surface area contributed by atoms with E-state index in [1.54, 1.807) is 31.2 Å². The predicted molar refractivity (Wildman–Crippen MR) is 215 cm³/mol. The number of hydrogen-bond acceptors (Lipinski definition) is 14. The highest BCUT2D eigenvalue weighted by Gasteiger charge is 2.65. The Kier molecular flexibility index (Phi) is 16.6. The summed E-state index contributed by atoms with van der Waals surface area (Å²) in [5, 5.41) is 47.7. The van der Waals surface area contributed by atoms with Gasteiger partial charge in [0.05, 0.1) is 43.0 Å². The summed E-state index contributed by atoms with van der Waals surface area (Å²) in [6, 6.07) is 9.33. The van der Waals surface area contributed by atoms with Gasteiger partial charge in [-0.2, -0.15) is 0 Å². The zero-order valence-electron chi connectivity index (χ0n) is 33.7. The number of rotatable bonds is 22. The van der Waals surface area contributed by atoms with E-state index in [1.165, 1.54) is 36.3 Å². The van der Waals surface area contributed by atoms with Gasteiger partial charge in [0, 0.05) is 56.3 Å². The normalized spacial score (nSPS) is 23.5. The Morgan fingerprint density at radius 1 is 1.03 bits per heavy atom. The van der Waals surface area contributed by atoms with E-state index in [1.807, 2.05) is 0 Å². The molecule has 1 fully saturated rings. The molecule has 0 bridgehead atoms. The van der Waals surface area contributed by atoms with Crippen molar-refractivity contribution >= 4 is 23.6 Å². The van der Waals surface area contributed by atoms with Gasteiger partial charge in [-0.3, -0.25) is 15.0 Å². The number of carbonyl (C=O) groups excluding carboxylic acids is 2. The Morgan fingerprint density at radius 3 is 2.42 bits per heavy atom. The number of nitrogens with zero attached hydrogens (tertiary/aromatic N) is 3. The number of hydrogen-bond donors (Lipinski definition) is 4. The Morgan fingerprint density at radius 2 is 1.76 bits per heavy atom. The minimum atomic E-state index is -1.62. The summed E-state index contributed by atoms with van der Waals surface area (Å²) >= 11 is 0. The van der Waals surface area contributed by atoms with Gasteiger partial charge >= 0.3 is 12.2 Å². The van der Waals surface area contributed by atoms with E-state index in [0.717, 1.165) is 24.0 Å². The maximum atomic E-state index is 14.5. The van der Waals surface area contributed by atoms with E-state index in [9.17, 15) is 35.0 Å². The first-order valence-electron chi connectivity index (χ1n) is 20.1. The summed E-state index contributed by atoms with van der Waals surface area (Å²) in [5.41, 5.74) is 1.91. The maximum Gasteiger partial charge on any atom is 0.415 e. The number of oxime groups is 1. The smallest absolute Gasteiger partial charge is 0.415 e. The topological polar surface area (TPSA) is 221 Å². The second-order valence-electron chi connectivity index (χ2n) is 14.5. The number of amides is 2. The number of nitrogens with one attached hydrogen (secondary N) is 1. The molecular formula is C42H56N4O13. The molecule has 17 nitrogen and oxygen atoms in total. The van der Waals surface area contributed by atoms with Crippen LogP contribution in [0.2, 0.25) is 0 Å². The third kappa shape index (κ3) is 10.6. The van der Waals surface area contributed by atoms with Crippen LogP contribution in [-0.2, 0) is 14.3 Å². The molecule has 2 aromatic carbocycles. The van der Waals surface area contributed by atoms with Gasteiger partial charge in [0.25, 0.3) is 5.69 Å². The van der Waals surface area contributed by atoms with Crippen LogP contribution in [0.25, 0.3) is 0 Å². The molecule has 1 saturated carbocycles. The molecule has 322 valence electrons. The van der Waals surface area contributed by atoms with Crippen LogP contribution < -0.4 is 19.5 Å². The van der Waals surface area contributed by atoms with Gasteiger partial charge in [-0.05, 0) is 80.3 Å². The summed E-state index contributed by atoms with van der Waals surface area (Å²) in [7, 11) is 1.44. The first-order chi connectivity index (χ1) is 28.7. The number of non-ortho nitro benzene ring substituents is 1. The van der Waals surface area contributed by atoms with Crippen LogP contribution >= 0.6 is 0 Å². The maximum absolute atomic E-state index is 14.5. The van der Waals surface area contributed by atoms with E-state index in [4.69, 9.17) is 28.5 Å². The van der Waals surface area contributed by atoms with Gasteiger partial charge in [0.2, 0.25) is 5.79 Å². The summed E-state index contributed by atoms with van der Waals surface area (Å²) in [6.07, 6.45) is 6.48. The average molecular weight is 825 g/mol. The van der Waals surface area contributed by atoms with E-state index < -0.39 is 34.9 Å². The number of aliphatic hydroxyl groups excluding tert-OH is 3. The lowest BCUT2D eigenvalue weighted by Gasteiger charge is -2.59. The van der Waals surface area contributed by atoms with Crippen LogP contribution in [0.15, 0.2) is 71.9 Å². The highest BCUT2D eigenvalue weighted by atomic mass is 16.7. The number of fused-ring (bicyclic) bond motifs is 2. The quantitative estimate of drug-likeness (QED) is 0.0501. The van der Waals surface area contributed by atoms with E-state index in [0.29, 0.717) is 49.4 Å². The Labute approximate surface area is 343 Å². The van der Waals surface area contributed by atoms with Crippen molar-refractivity contribution in [1.82, 2.24) is 10.2 Å². The first-order valence-corrected chi connectivity index (χ1v) is 20.1. The predicted octanol–water partition coefficient (Wildman–Crippen LogP) is 5.48. The van der Waals surface area contributed by atoms with Crippen molar-refractivity contribution in [2.45, 2.75) is 69.6 Å². The van der Waals surface area contributed by atoms with Crippen LogP contribution in [-0.4, -0.2) is 115 Å². The Hall–Kier alpha value is -5.07. The monoisotopic (exact) mass is 824 g/mol. The van der Waals surface area contributed by atoms with Gasteiger partial charge in [-0.25, -0.2) is 9.59 Å². The number of aliphatic hydroxyl groups is 3. The van der Waals surface area contributed by atoms with E-state index >= 15 is 0 Å². The third-order valence-corrected chi connectivity index (χ3v) is 11.0. The minimum absolute atomic E-state index is 0.00860. The number of ether oxygens (including phenoxy) is 5. The summed E-state index contributed by atoms with van der Waals surface area (Å²) < 4.78 is 31.3. The molecule has 2 amide bonds. The van der Waals surface area contributed by atoms with Gasteiger partial charge in [-0.1, -0.05) is 30.1 Å². The van der Waals surface area contributed by atoms with Crippen LogP contribution in [0.5, 0.6) is 17.2 Å². The van der Waals surface area contributed by atoms with E-state index in [2.05, 4.69) is 23.1 Å². The molecule has 1 heterocycles. The van der Waals surface area contributed by atoms with Gasteiger partial charge < -0.3 is 49.2 Å². The number of nitro groups is 1. The number of nitro benzene ring substituents is 1. The Balaban J connectivity index is 1.74. The van der Waals surface area contributed by atoms with Crippen molar-refractivity contribution < 1.29 is 58.4 Å². The van der Waals surface area contributed by atoms with Crippen molar-refractivity contribution in [2.75, 3.05) is 59.8 Å². The average Bonchev–Trinajstić information content (AvgIpc) is 3.22. The second-order valence-corrected chi connectivity index (χ2v) is 14.5. The lowest BCUT2D eigenvalue weighted by molar-refractivity contribution is -0.384. The lowest BCUT2D eigenvalue weighted by atomic mass is 9.55. The standard InChI is InChI=1S/C42H56N4O13/c1-4-22-56-42-37(45(18-23-55-24-21-49)41(51)58-30-14-12-29(13-15-30)46(52)53)27-35(44-54-3)33-25-28(10-6-8-19-47)32(11-7-9-20-48)38(39(33)42)34-26-31(16-17-36(34)59-42)57-40(50)43-5-2/h4,12-17,25-26,28,32,37-39,47-49H,1,5-11,18-24,27H2,2-3H3,(H,43,50). The van der Waals surface area contributed by atoms with Gasteiger partial charge in [0.1, 0.15) is 30.4 Å². The van der Waals surface area contributed by atoms with Crippen molar-refractivity contribution in [3.63, 3.8) is 0 Å². The molecule has 3 aliphatic rings. The molecule has 59 heavy (non-hydrogen) atoms. The lowest BCUT2D eigenvalue weighted by Crippen LogP contribution is -2.70. The van der Waals surface area contributed by atoms with Crippen molar-refractivity contribution in [3.05, 3.63) is 82.4 Å². The van der Waals surface area contributed by atoms with Crippen molar-refractivity contribution in [1.29, 1.82) is 0 Å². The van der Waals surface area contributed by atoms with Crippen molar-refractivity contribution in [3.8, 4) is 17.2 Å². The molecule has 0 aromatic heterocycles. The first kappa shape index (κ1) is 45.0. The fourth-order valence-corrected chi connectivity index (χ4v) is 8.61. The molecule has 6 atom stereocenters. The molecule has 2 aliphatic carbocycles. The molecule has 0 saturated heterocycles. The molecule has 4 N–H and O–H groups in total. The van der Waals surface area contributed by atoms with Crippen LogP contribution in [0.3, 0.4) is 0 Å². The largest absolute Gasteiger partial charge is 0.459 e. The number of benzene rings is 2. The van der Waals surface area contributed by atoms with Crippen LogP contribution in [0.4, 0.5) is 15.3 Å². The molecule has 0 spiro atoms. The fraction of sp³-hybridized carbons (Fsp3) is 0.548. The molecule has 5 rings (SSSR count). The molecule has 2 aromatic rings. The highest BCUT2D eigenvalue weighted by Crippen LogP contribution is 2.62. The molecule has 0 radical (unpaired) electrons. The third-order valence-electron chi connectivity index (χ3n) is 11.0. The molecule has 6 unspecified atom stereocenters. The number of carbonyl (C=O) groups is 2. The minimum Gasteiger partial charge on any atom is -0.459 e. The number of allylic oxidation sites excluding steroid dienone is 1. The zero-order chi connectivity index (χ0) is 42.4. The SMILES string of the molecule is C=CCOC12Oc3ccc(OC(=O)NCC)cc3C3C(CCCCO)C(CCCCO)C=C(C(=NOC)CC1N(CCOCCO)C(=O)Oc1ccc([N+](=O)[O-])cc1)C32. The van der Waals surface area contributed by atoms with Crippen LogP contribution in [0, 0.1) is 27.9 Å². The summed E-state index contributed by atoms with van der Waals surface area (Å²) in [6.45, 7) is 5.88. The van der Waals surface area contributed by atoms with E-state index in [-0.39, 0.29) is 81.8 Å². The zero-order valence-corrected chi connectivity index (χ0v) is 33.7.